The number of methoxy groups -OCH3 is 1. The first-order valence-corrected chi connectivity index (χ1v) is 7.28. The Kier molecular flexibility index (Phi) is 7.38. The fourth-order valence-corrected chi connectivity index (χ4v) is 2.26. The van der Waals surface area contributed by atoms with Crippen LogP contribution in [0.5, 0.6) is 5.75 Å². The molecule has 0 spiro atoms. The van der Waals surface area contributed by atoms with Gasteiger partial charge in [0, 0.05) is 18.1 Å². The van der Waals surface area contributed by atoms with E-state index in [1.807, 2.05) is 57.8 Å². The Balaban J connectivity index is 0.000000300. The van der Waals surface area contributed by atoms with Crippen molar-refractivity contribution in [2.24, 2.45) is 0 Å². The second-order valence-electron chi connectivity index (χ2n) is 4.97. The van der Waals surface area contributed by atoms with Gasteiger partial charge < -0.3 is 9.15 Å². The van der Waals surface area contributed by atoms with E-state index in [1.54, 1.807) is 25.3 Å². The molecule has 2 aromatic rings. The van der Waals surface area contributed by atoms with Crippen molar-refractivity contribution in [2.75, 3.05) is 7.11 Å². The van der Waals surface area contributed by atoms with E-state index in [0.29, 0.717) is 22.5 Å². The SMILES string of the molecule is COc1ccc2c(=O)cc([C]3[CH][CH][CH][CH]3)oc2c1.[CH]1[CH][CH][CH][CH]1.[Fe+2]. The predicted octanol–water partition coefficient (Wildman–Crippen LogP) is 3.57. The van der Waals surface area contributed by atoms with Crippen molar-refractivity contribution >= 4 is 11.0 Å². The fraction of sp³-hybridized carbons (Fsp3) is 0.0500. The Morgan fingerprint density at radius 2 is 1.50 bits per heavy atom. The van der Waals surface area contributed by atoms with Gasteiger partial charge in [0.05, 0.1) is 12.5 Å². The molecule has 0 unspecified atom stereocenters. The first-order valence-electron chi connectivity index (χ1n) is 7.28. The normalized spacial score (nSPS) is 17.2. The summed E-state index contributed by atoms with van der Waals surface area (Å²) in [5.74, 6) is 2.15. The number of fused-ring (bicyclic) bond motifs is 1. The summed E-state index contributed by atoms with van der Waals surface area (Å²) in [7, 11) is 1.58. The maximum absolute atomic E-state index is 12.0. The molecule has 0 saturated heterocycles. The summed E-state index contributed by atoms with van der Waals surface area (Å²) >= 11 is 0. The molecule has 2 aliphatic rings. The molecule has 10 radical (unpaired) electrons. The smallest absolute Gasteiger partial charge is 0.497 e. The first-order chi connectivity index (χ1) is 11.3. The maximum Gasteiger partial charge on any atom is 2.00 e. The van der Waals surface area contributed by atoms with Gasteiger partial charge in [-0.3, -0.25) is 4.79 Å². The van der Waals surface area contributed by atoms with Crippen LogP contribution in [0.4, 0.5) is 0 Å². The first kappa shape index (κ1) is 19.1. The summed E-state index contributed by atoms with van der Waals surface area (Å²) in [6, 6.07) is 6.71. The molecule has 0 amide bonds. The van der Waals surface area contributed by atoms with Gasteiger partial charge in [-0.1, -0.05) is 0 Å². The van der Waals surface area contributed by atoms with Crippen LogP contribution in [-0.4, -0.2) is 7.11 Å². The Bertz CT molecular complexity index is 690. The van der Waals surface area contributed by atoms with Crippen molar-refractivity contribution in [3.8, 4) is 5.75 Å². The minimum Gasteiger partial charge on any atom is -0.497 e. The Labute approximate surface area is 154 Å². The quantitative estimate of drug-likeness (QED) is 0.769. The molecule has 24 heavy (non-hydrogen) atoms. The van der Waals surface area contributed by atoms with Crippen molar-refractivity contribution in [1.82, 2.24) is 0 Å². The van der Waals surface area contributed by atoms with E-state index in [0.717, 1.165) is 5.92 Å². The molecule has 0 bridgehead atoms. The van der Waals surface area contributed by atoms with Crippen molar-refractivity contribution in [2.45, 2.75) is 0 Å². The van der Waals surface area contributed by atoms with Crippen LogP contribution in [0.25, 0.3) is 11.0 Å². The molecule has 1 aromatic carbocycles. The molecule has 0 atom stereocenters. The number of benzene rings is 1. The van der Waals surface area contributed by atoms with Crippen molar-refractivity contribution in [3.05, 3.63) is 104 Å². The number of hydrogen-bond donors (Lipinski definition) is 0. The zero-order valence-electron chi connectivity index (χ0n) is 13.1. The number of rotatable bonds is 2. The molecule has 3 nitrogen and oxygen atoms in total. The van der Waals surface area contributed by atoms with Gasteiger partial charge in [-0.2, -0.15) is 0 Å². The van der Waals surface area contributed by atoms with Crippen LogP contribution in [0.1, 0.15) is 5.76 Å². The van der Waals surface area contributed by atoms with Crippen molar-refractivity contribution < 1.29 is 26.2 Å². The van der Waals surface area contributed by atoms with E-state index in [-0.39, 0.29) is 22.5 Å². The van der Waals surface area contributed by atoms with Crippen LogP contribution < -0.4 is 10.2 Å². The van der Waals surface area contributed by atoms with Crippen molar-refractivity contribution in [1.29, 1.82) is 0 Å². The molecule has 120 valence electrons. The van der Waals surface area contributed by atoms with Gasteiger partial charge in [-0.05, 0) is 69.9 Å². The average Bonchev–Trinajstić information content (AvgIpc) is 3.29. The second-order valence-corrected chi connectivity index (χ2v) is 4.97. The standard InChI is InChI=1S/C15H11O3.C5H5.Fe/c1-17-11-6-7-12-13(16)9-14(18-15(12)8-11)10-4-2-3-5-10;1-2-4-5-3-1;/h2-9H,1H3;1-5H;/q;;+2. The minimum atomic E-state index is -0.0462. The zero-order chi connectivity index (χ0) is 16.1. The predicted molar refractivity (Wildman–Crippen MR) is 90.1 cm³/mol. The van der Waals surface area contributed by atoms with E-state index < -0.39 is 0 Å². The molecule has 1 heterocycles. The summed E-state index contributed by atoms with van der Waals surface area (Å²) in [6.07, 6.45) is 17.6. The van der Waals surface area contributed by atoms with E-state index in [4.69, 9.17) is 9.15 Å². The number of hydrogen-bond acceptors (Lipinski definition) is 3. The molecule has 2 saturated carbocycles. The van der Waals surface area contributed by atoms with Gasteiger partial charge >= 0.3 is 17.1 Å². The number of ether oxygens (including phenoxy) is 1. The molecule has 0 N–H and O–H groups in total. The van der Waals surface area contributed by atoms with Gasteiger partial charge in [0.15, 0.2) is 5.43 Å². The van der Waals surface area contributed by atoms with Crippen LogP contribution in [0, 0.1) is 63.7 Å². The Hall–Kier alpha value is -1.25. The Morgan fingerprint density at radius 1 is 0.875 bits per heavy atom. The van der Waals surface area contributed by atoms with Gasteiger partial charge in [0.25, 0.3) is 0 Å². The Morgan fingerprint density at radius 3 is 2.08 bits per heavy atom. The van der Waals surface area contributed by atoms with E-state index in [1.165, 1.54) is 6.07 Å². The van der Waals surface area contributed by atoms with Gasteiger partial charge in [0.1, 0.15) is 17.1 Å². The fourth-order valence-electron chi connectivity index (χ4n) is 2.26. The van der Waals surface area contributed by atoms with Crippen LogP contribution in [-0.2, 0) is 17.1 Å². The summed E-state index contributed by atoms with van der Waals surface area (Å²) in [4.78, 5) is 12.0. The van der Waals surface area contributed by atoms with E-state index in [9.17, 15) is 4.79 Å². The topological polar surface area (TPSA) is 39.4 Å². The zero-order valence-corrected chi connectivity index (χ0v) is 14.2. The largest absolute Gasteiger partial charge is 2.00 e. The summed E-state index contributed by atoms with van der Waals surface area (Å²) in [6.45, 7) is 0. The third-order valence-electron chi connectivity index (χ3n) is 3.44. The molecule has 1 aromatic heterocycles. The van der Waals surface area contributed by atoms with Crippen LogP contribution in [0.15, 0.2) is 33.5 Å². The van der Waals surface area contributed by atoms with Gasteiger partial charge in [-0.25, -0.2) is 0 Å². The molecule has 4 rings (SSSR count). The van der Waals surface area contributed by atoms with Crippen LogP contribution >= 0.6 is 0 Å². The van der Waals surface area contributed by atoms with E-state index in [2.05, 4.69) is 0 Å². The molecule has 2 fully saturated rings. The third kappa shape index (κ3) is 4.64. The van der Waals surface area contributed by atoms with Gasteiger partial charge in [-0.15, -0.1) is 0 Å². The van der Waals surface area contributed by atoms with Gasteiger partial charge in [0.2, 0.25) is 0 Å². The van der Waals surface area contributed by atoms with Crippen molar-refractivity contribution in [3.63, 3.8) is 0 Å². The van der Waals surface area contributed by atoms with Crippen LogP contribution in [0.2, 0.25) is 0 Å². The molecule has 2 aliphatic carbocycles. The molecular formula is C20H16FeO3+2. The molecule has 0 aliphatic heterocycles. The monoisotopic (exact) mass is 360 g/mol. The summed E-state index contributed by atoms with van der Waals surface area (Å²) in [5.41, 5.74) is 0.494. The summed E-state index contributed by atoms with van der Waals surface area (Å²) in [5, 5.41) is 0.561. The summed E-state index contributed by atoms with van der Waals surface area (Å²) < 4.78 is 10.9. The van der Waals surface area contributed by atoms with E-state index >= 15 is 0 Å². The second kappa shape index (κ2) is 9.29. The third-order valence-corrected chi connectivity index (χ3v) is 3.44. The van der Waals surface area contributed by atoms with Crippen LogP contribution in [0.3, 0.4) is 0 Å². The minimum absolute atomic E-state index is 0. The maximum atomic E-state index is 12.0. The molecule has 4 heteroatoms. The average molecular weight is 360 g/mol. The molecular weight excluding hydrogens is 344 g/mol.